The van der Waals surface area contributed by atoms with E-state index >= 15 is 0 Å². The molecule has 1 aliphatic heterocycles. The highest BCUT2D eigenvalue weighted by molar-refractivity contribution is 5.41. The fraction of sp³-hybridized carbons (Fsp3) is 0.667. The predicted molar refractivity (Wildman–Crippen MR) is 85.3 cm³/mol. The molecule has 0 aromatic heterocycles. The Morgan fingerprint density at radius 1 is 1.40 bits per heavy atom. The fourth-order valence-electron chi connectivity index (χ4n) is 3.06. The summed E-state index contributed by atoms with van der Waals surface area (Å²) in [5.74, 6) is 1.80. The highest BCUT2D eigenvalue weighted by Gasteiger charge is 2.36. The summed E-state index contributed by atoms with van der Waals surface area (Å²) < 4.78 is 6.36. The summed E-state index contributed by atoms with van der Waals surface area (Å²) in [4.78, 5) is 0. The average molecular weight is 275 g/mol. The number of hydrogen-bond acceptors (Lipinski definition) is 2. The molecule has 2 atom stereocenters. The van der Waals surface area contributed by atoms with E-state index in [9.17, 15) is 0 Å². The van der Waals surface area contributed by atoms with Gasteiger partial charge in [-0.3, -0.25) is 0 Å². The van der Waals surface area contributed by atoms with Crippen LogP contribution in [0.3, 0.4) is 0 Å². The number of aryl methyl sites for hydroxylation is 1. The standard InChI is InChI=1S/C18H29NO/c1-6-19-16-12-18(5,10-9-13(2)3)20-17-8-7-14(4)11-15(16)17/h7-8,11,13,16,19H,6,9-10,12H2,1-5H3. The van der Waals surface area contributed by atoms with Gasteiger partial charge in [0.05, 0.1) is 0 Å². The van der Waals surface area contributed by atoms with Crippen LogP contribution in [0.15, 0.2) is 18.2 Å². The van der Waals surface area contributed by atoms with E-state index in [1.165, 1.54) is 17.5 Å². The third-order valence-electron chi connectivity index (χ3n) is 4.23. The van der Waals surface area contributed by atoms with Crippen LogP contribution in [-0.4, -0.2) is 12.1 Å². The SMILES string of the molecule is CCNC1CC(C)(CCC(C)C)Oc2ccc(C)cc21. The maximum atomic E-state index is 6.36. The van der Waals surface area contributed by atoms with Crippen molar-refractivity contribution in [1.82, 2.24) is 5.32 Å². The molecule has 112 valence electrons. The quantitative estimate of drug-likeness (QED) is 0.846. The first-order valence-electron chi connectivity index (χ1n) is 7.96. The molecule has 1 aromatic rings. The molecule has 2 heteroatoms. The van der Waals surface area contributed by atoms with Gasteiger partial charge in [-0.05, 0) is 45.2 Å². The lowest BCUT2D eigenvalue weighted by molar-refractivity contribution is 0.0351. The molecule has 2 rings (SSSR count). The van der Waals surface area contributed by atoms with Crippen LogP contribution in [0.4, 0.5) is 0 Å². The monoisotopic (exact) mass is 275 g/mol. The van der Waals surface area contributed by atoms with E-state index in [-0.39, 0.29) is 5.60 Å². The minimum Gasteiger partial charge on any atom is -0.487 e. The summed E-state index contributed by atoms with van der Waals surface area (Å²) in [6.07, 6.45) is 3.40. The Hall–Kier alpha value is -1.02. The van der Waals surface area contributed by atoms with E-state index < -0.39 is 0 Å². The molecule has 1 aromatic carbocycles. The van der Waals surface area contributed by atoms with Gasteiger partial charge >= 0.3 is 0 Å². The molecule has 0 amide bonds. The van der Waals surface area contributed by atoms with Crippen molar-refractivity contribution >= 4 is 0 Å². The molecule has 1 N–H and O–H groups in total. The summed E-state index contributed by atoms with van der Waals surface area (Å²) >= 11 is 0. The molecule has 0 saturated heterocycles. The number of benzene rings is 1. The van der Waals surface area contributed by atoms with Gasteiger partial charge in [0, 0.05) is 18.0 Å². The highest BCUT2D eigenvalue weighted by atomic mass is 16.5. The maximum Gasteiger partial charge on any atom is 0.124 e. The molecule has 20 heavy (non-hydrogen) atoms. The van der Waals surface area contributed by atoms with Gasteiger partial charge in [-0.2, -0.15) is 0 Å². The Morgan fingerprint density at radius 2 is 2.15 bits per heavy atom. The molecule has 0 saturated carbocycles. The van der Waals surface area contributed by atoms with Crippen LogP contribution in [0.25, 0.3) is 0 Å². The first-order chi connectivity index (χ1) is 9.43. The number of rotatable bonds is 5. The molecule has 2 unspecified atom stereocenters. The zero-order valence-electron chi connectivity index (χ0n) is 13.6. The van der Waals surface area contributed by atoms with E-state index in [0.29, 0.717) is 6.04 Å². The minimum atomic E-state index is -0.0423. The second-order valence-corrected chi connectivity index (χ2v) is 6.84. The topological polar surface area (TPSA) is 21.3 Å². The predicted octanol–water partition coefficient (Wildman–Crippen LogP) is 4.62. The summed E-state index contributed by atoms with van der Waals surface area (Å²) in [5, 5.41) is 3.63. The Kier molecular flexibility index (Phi) is 4.74. The highest BCUT2D eigenvalue weighted by Crippen LogP contribution is 2.42. The maximum absolute atomic E-state index is 6.36. The van der Waals surface area contributed by atoms with Crippen molar-refractivity contribution in [3.05, 3.63) is 29.3 Å². The lowest BCUT2D eigenvalue weighted by atomic mass is 9.83. The average Bonchev–Trinajstić information content (AvgIpc) is 2.38. The first-order valence-corrected chi connectivity index (χ1v) is 7.96. The number of hydrogen-bond donors (Lipinski definition) is 1. The van der Waals surface area contributed by atoms with Crippen LogP contribution < -0.4 is 10.1 Å². The van der Waals surface area contributed by atoms with E-state index in [2.05, 4.69) is 58.1 Å². The summed E-state index contributed by atoms with van der Waals surface area (Å²) in [7, 11) is 0. The fourth-order valence-corrected chi connectivity index (χ4v) is 3.06. The molecule has 0 fully saturated rings. The number of fused-ring (bicyclic) bond motifs is 1. The third kappa shape index (κ3) is 3.54. The van der Waals surface area contributed by atoms with Gasteiger partial charge < -0.3 is 10.1 Å². The number of nitrogens with one attached hydrogen (secondary N) is 1. The molecular formula is C18H29NO. The molecular weight excluding hydrogens is 246 g/mol. The van der Waals surface area contributed by atoms with Crippen molar-refractivity contribution in [3.63, 3.8) is 0 Å². The zero-order chi connectivity index (χ0) is 14.8. The molecule has 0 bridgehead atoms. The van der Waals surface area contributed by atoms with Crippen LogP contribution in [0.1, 0.15) is 64.1 Å². The van der Waals surface area contributed by atoms with Crippen molar-refractivity contribution in [2.45, 2.75) is 65.5 Å². The van der Waals surface area contributed by atoms with Gasteiger partial charge in [0.25, 0.3) is 0 Å². The van der Waals surface area contributed by atoms with Crippen molar-refractivity contribution in [2.24, 2.45) is 5.92 Å². The Morgan fingerprint density at radius 3 is 2.80 bits per heavy atom. The second kappa shape index (κ2) is 6.17. The van der Waals surface area contributed by atoms with Crippen LogP contribution in [-0.2, 0) is 0 Å². The molecule has 0 aliphatic carbocycles. The summed E-state index contributed by atoms with van der Waals surface area (Å²) in [6, 6.07) is 6.98. The van der Waals surface area contributed by atoms with Crippen molar-refractivity contribution in [3.8, 4) is 5.75 Å². The van der Waals surface area contributed by atoms with Crippen LogP contribution in [0.5, 0.6) is 5.75 Å². The minimum absolute atomic E-state index is 0.0423. The van der Waals surface area contributed by atoms with E-state index in [0.717, 1.165) is 31.1 Å². The molecule has 1 aliphatic rings. The lowest BCUT2D eigenvalue weighted by Crippen LogP contribution is -2.42. The third-order valence-corrected chi connectivity index (χ3v) is 4.23. The van der Waals surface area contributed by atoms with Gasteiger partial charge in [-0.25, -0.2) is 0 Å². The molecule has 2 nitrogen and oxygen atoms in total. The van der Waals surface area contributed by atoms with Crippen LogP contribution in [0.2, 0.25) is 0 Å². The zero-order valence-corrected chi connectivity index (χ0v) is 13.6. The van der Waals surface area contributed by atoms with Gasteiger partial charge in [-0.1, -0.05) is 38.5 Å². The number of ether oxygens (including phenoxy) is 1. The summed E-state index contributed by atoms with van der Waals surface area (Å²) in [6.45, 7) is 12.2. The van der Waals surface area contributed by atoms with Crippen LogP contribution in [0, 0.1) is 12.8 Å². The van der Waals surface area contributed by atoms with Crippen molar-refractivity contribution in [1.29, 1.82) is 0 Å². The van der Waals surface area contributed by atoms with Crippen molar-refractivity contribution < 1.29 is 4.74 Å². The van der Waals surface area contributed by atoms with Crippen LogP contribution >= 0.6 is 0 Å². The molecule has 1 heterocycles. The first kappa shape index (κ1) is 15.4. The summed E-state index contributed by atoms with van der Waals surface area (Å²) in [5.41, 5.74) is 2.59. The van der Waals surface area contributed by atoms with E-state index in [1.807, 2.05) is 0 Å². The smallest absolute Gasteiger partial charge is 0.124 e. The van der Waals surface area contributed by atoms with Gasteiger partial charge in [0.2, 0.25) is 0 Å². The second-order valence-electron chi connectivity index (χ2n) is 6.84. The largest absolute Gasteiger partial charge is 0.487 e. The molecule has 0 radical (unpaired) electrons. The van der Waals surface area contributed by atoms with E-state index in [1.54, 1.807) is 0 Å². The Balaban J connectivity index is 2.24. The lowest BCUT2D eigenvalue weighted by Gasteiger charge is -2.41. The molecule has 0 spiro atoms. The van der Waals surface area contributed by atoms with E-state index in [4.69, 9.17) is 4.74 Å². The Labute approximate surface area is 123 Å². The van der Waals surface area contributed by atoms with Gasteiger partial charge in [0.1, 0.15) is 11.4 Å². The van der Waals surface area contributed by atoms with Gasteiger partial charge in [0.15, 0.2) is 0 Å². The normalized spacial score (nSPS) is 25.4. The van der Waals surface area contributed by atoms with Crippen molar-refractivity contribution in [2.75, 3.05) is 6.54 Å². The Bertz CT molecular complexity index is 455. The van der Waals surface area contributed by atoms with Gasteiger partial charge in [-0.15, -0.1) is 0 Å².